The molecule has 0 atom stereocenters. The number of amides is 1. The largest absolute Gasteiger partial charge is 0.492 e. The molecule has 0 aliphatic heterocycles. The summed E-state index contributed by atoms with van der Waals surface area (Å²) in [4.78, 5) is 14.1. The van der Waals surface area contributed by atoms with Gasteiger partial charge < -0.3 is 9.64 Å². The molecule has 0 unspecified atom stereocenters. The van der Waals surface area contributed by atoms with E-state index >= 15 is 0 Å². The van der Waals surface area contributed by atoms with Gasteiger partial charge >= 0.3 is 0 Å². The number of carbonyl (C=O) groups excluding carboxylic acids is 1. The van der Waals surface area contributed by atoms with Crippen LogP contribution in [0.2, 0.25) is 0 Å². The quantitative estimate of drug-likeness (QED) is 0.812. The molecule has 2 aromatic rings. The van der Waals surface area contributed by atoms with E-state index in [1.165, 1.54) is 30.4 Å². The first-order chi connectivity index (χ1) is 11.7. The molecule has 1 amide bonds. The number of benzene rings is 2. The van der Waals surface area contributed by atoms with E-state index in [9.17, 15) is 4.79 Å². The van der Waals surface area contributed by atoms with Gasteiger partial charge in [0.15, 0.2) is 0 Å². The fraction of sp³-hybridized carbons (Fsp3) is 0.381. The van der Waals surface area contributed by atoms with Crippen LogP contribution in [0.15, 0.2) is 48.5 Å². The fourth-order valence-corrected chi connectivity index (χ4v) is 3.15. The van der Waals surface area contributed by atoms with Crippen molar-refractivity contribution in [3.05, 3.63) is 65.2 Å². The Kier molecular flexibility index (Phi) is 5.52. The number of fused-ring (bicyclic) bond motifs is 1. The maximum Gasteiger partial charge on any atom is 0.226 e. The molecule has 0 N–H and O–H groups in total. The summed E-state index contributed by atoms with van der Waals surface area (Å²) >= 11 is 0. The molecular formula is C21H25NO2. The fourth-order valence-electron chi connectivity index (χ4n) is 3.15. The van der Waals surface area contributed by atoms with Crippen LogP contribution in [0.3, 0.4) is 0 Å². The van der Waals surface area contributed by atoms with Crippen molar-refractivity contribution in [3.8, 4) is 5.75 Å². The Labute approximate surface area is 144 Å². The molecule has 24 heavy (non-hydrogen) atoms. The van der Waals surface area contributed by atoms with Crippen molar-refractivity contribution in [1.82, 2.24) is 4.90 Å². The molecule has 3 heteroatoms. The molecule has 3 rings (SSSR count). The first-order valence-electron chi connectivity index (χ1n) is 8.75. The van der Waals surface area contributed by atoms with Crippen LogP contribution in [-0.2, 0) is 24.1 Å². The summed E-state index contributed by atoms with van der Waals surface area (Å²) in [6.07, 6.45) is 5.35. The Morgan fingerprint density at radius 1 is 1.04 bits per heavy atom. The van der Waals surface area contributed by atoms with E-state index in [1.54, 1.807) is 4.90 Å². The summed E-state index contributed by atoms with van der Waals surface area (Å²) in [5.74, 6) is 0.982. The van der Waals surface area contributed by atoms with Gasteiger partial charge in [-0.1, -0.05) is 36.4 Å². The number of nitrogens with zero attached hydrogens (tertiary/aromatic N) is 1. The number of ether oxygens (including phenoxy) is 1. The molecule has 126 valence electrons. The summed E-state index contributed by atoms with van der Waals surface area (Å²) in [6, 6.07) is 16.2. The third-order valence-corrected chi connectivity index (χ3v) is 4.63. The second-order valence-electron chi connectivity index (χ2n) is 6.46. The minimum atomic E-state index is 0.141. The second-order valence-corrected chi connectivity index (χ2v) is 6.46. The number of carbonyl (C=O) groups is 1. The number of para-hydroxylation sites is 1. The SMILES string of the molecule is CN(CCOc1ccccc1)C(=O)Cc1ccc2c(c1)CCCC2. The van der Waals surface area contributed by atoms with Gasteiger partial charge in [-0.05, 0) is 54.5 Å². The number of likely N-dealkylation sites (N-methyl/N-ethyl adjacent to an activating group) is 1. The average Bonchev–Trinajstić information content (AvgIpc) is 2.62. The summed E-state index contributed by atoms with van der Waals surface area (Å²) in [6.45, 7) is 1.11. The Hall–Kier alpha value is -2.29. The molecule has 0 saturated carbocycles. The third-order valence-electron chi connectivity index (χ3n) is 4.63. The minimum absolute atomic E-state index is 0.141. The molecule has 0 radical (unpaired) electrons. The van der Waals surface area contributed by atoms with Crippen LogP contribution in [0, 0.1) is 0 Å². The van der Waals surface area contributed by atoms with E-state index in [4.69, 9.17) is 4.74 Å². The zero-order chi connectivity index (χ0) is 16.8. The van der Waals surface area contributed by atoms with E-state index in [0.29, 0.717) is 19.6 Å². The highest BCUT2D eigenvalue weighted by atomic mass is 16.5. The zero-order valence-corrected chi connectivity index (χ0v) is 14.3. The predicted molar refractivity (Wildman–Crippen MR) is 96.4 cm³/mol. The number of hydrogen-bond acceptors (Lipinski definition) is 2. The van der Waals surface area contributed by atoms with Crippen molar-refractivity contribution in [2.24, 2.45) is 0 Å². The van der Waals surface area contributed by atoms with Gasteiger partial charge in [0.25, 0.3) is 0 Å². The van der Waals surface area contributed by atoms with Gasteiger partial charge in [-0.25, -0.2) is 0 Å². The Balaban J connectivity index is 1.49. The molecule has 0 spiro atoms. The number of hydrogen-bond donors (Lipinski definition) is 0. The summed E-state index contributed by atoms with van der Waals surface area (Å²) in [5, 5.41) is 0. The molecule has 0 aromatic heterocycles. The number of aryl methyl sites for hydroxylation is 2. The maximum absolute atomic E-state index is 12.4. The van der Waals surface area contributed by atoms with Crippen LogP contribution in [-0.4, -0.2) is 31.0 Å². The summed E-state index contributed by atoms with van der Waals surface area (Å²) in [7, 11) is 1.84. The highest BCUT2D eigenvalue weighted by Crippen LogP contribution is 2.22. The standard InChI is InChI=1S/C21H25NO2/c1-22(13-14-24-20-9-3-2-4-10-20)21(23)16-17-11-12-18-7-5-6-8-19(18)15-17/h2-4,9-12,15H,5-8,13-14,16H2,1H3. The lowest BCUT2D eigenvalue weighted by molar-refractivity contribution is -0.129. The lowest BCUT2D eigenvalue weighted by Gasteiger charge is -2.19. The van der Waals surface area contributed by atoms with Crippen LogP contribution in [0.5, 0.6) is 5.75 Å². The van der Waals surface area contributed by atoms with Gasteiger partial charge in [0.1, 0.15) is 12.4 Å². The van der Waals surface area contributed by atoms with Gasteiger partial charge in [0.05, 0.1) is 13.0 Å². The van der Waals surface area contributed by atoms with Crippen LogP contribution >= 0.6 is 0 Å². The first-order valence-corrected chi connectivity index (χ1v) is 8.75. The van der Waals surface area contributed by atoms with E-state index < -0.39 is 0 Å². The second kappa shape index (κ2) is 8.00. The van der Waals surface area contributed by atoms with Gasteiger partial charge in [-0.2, -0.15) is 0 Å². The monoisotopic (exact) mass is 323 g/mol. The normalized spacial score (nSPS) is 13.2. The third kappa shape index (κ3) is 4.38. The molecular weight excluding hydrogens is 298 g/mol. The van der Waals surface area contributed by atoms with E-state index in [2.05, 4.69) is 18.2 Å². The topological polar surface area (TPSA) is 29.5 Å². The molecule has 0 fully saturated rings. The molecule has 1 aliphatic carbocycles. The highest BCUT2D eigenvalue weighted by molar-refractivity contribution is 5.78. The van der Waals surface area contributed by atoms with Gasteiger partial charge in [0.2, 0.25) is 5.91 Å². The molecule has 0 saturated heterocycles. The Morgan fingerprint density at radius 2 is 1.79 bits per heavy atom. The average molecular weight is 323 g/mol. The lowest BCUT2D eigenvalue weighted by Crippen LogP contribution is -2.32. The molecule has 0 bridgehead atoms. The zero-order valence-electron chi connectivity index (χ0n) is 14.3. The van der Waals surface area contributed by atoms with Gasteiger partial charge in [-0.3, -0.25) is 4.79 Å². The van der Waals surface area contributed by atoms with E-state index in [0.717, 1.165) is 17.7 Å². The first kappa shape index (κ1) is 16.6. The Morgan fingerprint density at radius 3 is 2.58 bits per heavy atom. The van der Waals surface area contributed by atoms with Crippen molar-refractivity contribution >= 4 is 5.91 Å². The van der Waals surface area contributed by atoms with E-state index in [-0.39, 0.29) is 5.91 Å². The van der Waals surface area contributed by atoms with Gasteiger partial charge in [-0.15, -0.1) is 0 Å². The van der Waals surface area contributed by atoms with E-state index in [1.807, 2.05) is 37.4 Å². The molecule has 1 aliphatic rings. The van der Waals surface area contributed by atoms with Crippen molar-refractivity contribution in [3.63, 3.8) is 0 Å². The minimum Gasteiger partial charge on any atom is -0.492 e. The summed E-state index contributed by atoms with van der Waals surface area (Å²) in [5.41, 5.74) is 4.01. The van der Waals surface area contributed by atoms with Crippen LogP contribution in [0.25, 0.3) is 0 Å². The predicted octanol–water partition coefficient (Wildman–Crippen LogP) is 3.65. The highest BCUT2D eigenvalue weighted by Gasteiger charge is 2.13. The van der Waals surface area contributed by atoms with Crippen LogP contribution < -0.4 is 4.74 Å². The van der Waals surface area contributed by atoms with Crippen molar-refractivity contribution < 1.29 is 9.53 Å². The van der Waals surface area contributed by atoms with Crippen LogP contribution in [0.1, 0.15) is 29.5 Å². The van der Waals surface area contributed by atoms with Crippen molar-refractivity contribution in [1.29, 1.82) is 0 Å². The van der Waals surface area contributed by atoms with Crippen molar-refractivity contribution in [2.75, 3.05) is 20.2 Å². The van der Waals surface area contributed by atoms with Crippen LogP contribution in [0.4, 0.5) is 0 Å². The van der Waals surface area contributed by atoms with Gasteiger partial charge in [0, 0.05) is 7.05 Å². The molecule has 0 heterocycles. The maximum atomic E-state index is 12.4. The molecule has 3 nitrogen and oxygen atoms in total. The van der Waals surface area contributed by atoms with Crippen molar-refractivity contribution in [2.45, 2.75) is 32.1 Å². The summed E-state index contributed by atoms with van der Waals surface area (Å²) < 4.78 is 5.66. The Bertz CT molecular complexity index is 681. The smallest absolute Gasteiger partial charge is 0.226 e. The lowest BCUT2D eigenvalue weighted by atomic mass is 9.90. The molecule has 2 aromatic carbocycles. The number of rotatable bonds is 6.